The second kappa shape index (κ2) is 10.2. The number of nitrogens with zero attached hydrogens (tertiary/aromatic N) is 3. The van der Waals surface area contributed by atoms with Crippen molar-refractivity contribution < 1.29 is 9.21 Å². The summed E-state index contributed by atoms with van der Waals surface area (Å²) in [5.41, 5.74) is 5.25. The Bertz CT molecular complexity index is 1600. The third-order valence-electron chi connectivity index (χ3n) is 5.71. The highest BCUT2D eigenvalue weighted by Gasteiger charge is 2.24. The van der Waals surface area contributed by atoms with Crippen molar-refractivity contribution in [2.24, 2.45) is 0 Å². The molecule has 5 aromatic rings. The lowest BCUT2D eigenvalue weighted by Crippen LogP contribution is -2.12. The average molecular weight is 486 g/mol. The van der Waals surface area contributed by atoms with Crippen LogP contribution in [0.1, 0.15) is 27.3 Å². The lowest BCUT2D eigenvalue weighted by atomic mass is 9.98. The Labute approximate surface area is 214 Å². The summed E-state index contributed by atoms with van der Waals surface area (Å²) >= 11 is 0. The monoisotopic (exact) mass is 485 g/mol. The van der Waals surface area contributed by atoms with E-state index in [1.165, 1.54) is 0 Å². The first-order valence-electron chi connectivity index (χ1n) is 11.7. The molecule has 7 heteroatoms. The van der Waals surface area contributed by atoms with E-state index in [1.807, 2.05) is 86.6 Å². The van der Waals surface area contributed by atoms with Gasteiger partial charge in [-0.25, -0.2) is 9.97 Å². The van der Waals surface area contributed by atoms with E-state index in [0.29, 0.717) is 28.5 Å². The standard InChI is InChI=1S/C30H23N5O2/c1-19-16-20(2)33-30(32-19)34-24-15-9-14-23(17-24)28(36)35-29-25(18-31)26(21-10-5-3-6-11-21)27(37-29)22-12-7-4-8-13-22/h3-17H,1-2H3,(H,35,36)(H,32,33,34). The summed E-state index contributed by atoms with van der Waals surface area (Å²) in [7, 11) is 0. The summed E-state index contributed by atoms with van der Waals surface area (Å²) in [6.07, 6.45) is 0. The van der Waals surface area contributed by atoms with Crippen molar-refractivity contribution in [2.45, 2.75) is 13.8 Å². The molecule has 0 saturated carbocycles. The van der Waals surface area contributed by atoms with Gasteiger partial charge in [-0.05, 0) is 43.7 Å². The molecule has 37 heavy (non-hydrogen) atoms. The Morgan fingerprint density at radius 1 is 0.838 bits per heavy atom. The van der Waals surface area contributed by atoms with Gasteiger partial charge in [-0.2, -0.15) is 5.26 Å². The fourth-order valence-corrected chi connectivity index (χ4v) is 4.12. The van der Waals surface area contributed by atoms with Gasteiger partial charge in [0.15, 0.2) is 0 Å². The second-order valence-electron chi connectivity index (χ2n) is 8.49. The predicted octanol–water partition coefficient (Wildman–Crippen LogP) is 6.89. The van der Waals surface area contributed by atoms with Crippen LogP contribution in [0.3, 0.4) is 0 Å². The topological polar surface area (TPSA) is 104 Å². The zero-order chi connectivity index (χ0) is 25.8. The van der Waals surface area contributed by atoms with Gasteiger partial charge >= 0.3 is 0 Å². The molecule has 2 heterocycles. The van der Waals surface area contributed by atoms with Crippen LogP contribution in [0.2, 0.25) is 0 Å². The number of hydrogen-bond donors (Lipinski definition) is 2. The van der Waals surface area contributed by atoms with Crippen LogP contribution in [0, 0.1) is 25.2 Å². The van der Waals surface area contributed by atoms with Crippen LogP contribution in [-0.2, 0) is 0 Å². The molecule has 0 fully saturated rings. The molecule has 0 aliphatic rings. The molecule has 0 bridgehead atoms. The third kappa shape index (κ3) is 5.09. The molecular formula is C30H23N5O2. The van der Waals surface area contributed by atoms with Gasteiger partial charge in [-0.1, -0.05) is 66.7 Å². The van der Waals surface area contributed by atoms with E-state index in [-0.39, 0.29) is 11.4 Å². The summed E-state index contributed by atoms with van der Waals surface area (Å²) in [5.74, 6) is 0.657. The van der Waals surface area contributed by atoms with Gasteiger partial charge in [0.05, 0.1) is 0 Å². The Balaban J connectivity index is 1.49. The molecule has 3 aromatic carbocycles. The van der Waals surface area contributed by atoms with E-state index >= 15 is 0 Å². The molecule has 5 rings (SSSR count). The molecule has 180 valence electrons. The van der Waals surface area contributed by atoms with Gasteiger partial charge < -0.3 is 9.73 Å². The van der Waals surface area contributed by atoms with Crippen molar-refractivity contribution in [1.29, 1.82) is 5.26 Å². The lowest BCUT2D eigenvalue weighted by Gasteiger charge is -2.08. The number of amides is 1. The zero-order valence-corrected chi connectivity index (χ0v) is 20.3. The van der Waals surface area contributed by atoms with E-state index in [2.05, 4.69) is 26.7 Å². The number of carbonyl (C=O) groups excluding carboxylic acids is 1. The minimum absolute atomic E-state index is 0.0983. The van der Waals surface area contributed by atoms with E-state index in [4.69, 9.17) is 4.42 Å². The largest absolute Gasteiger partial charge is 0.438 e. The summed E-state index contributed by atoms with van der Waals surface area (Å²) in [6, 6.07) is 30.1. The van der Waals surface area contributed by atoms with Gasteiger partial charge in [0, 0.05) is 33.8 Å². The molecule has 0 atom stereocenters. The fraction of sp³-hybridized carbons (Fsp3) is 0.0667. The normalized spacial score (nSPS) is 10.5. The van der Waals surface area contributed by atoms with Crippen molar-refractivity contribution in [3.63, 3.8) is 0 Å². The molecule has 0 radical (unpaired) electrons. The molecule has 0 saturated heterocycles. The highest BCUT2D eigenvalue weighted by Crippen LogP contribution is 2.41. The van der Waals surface area contributed by atoms with E-state index < -0.39 is 5.91 Å². The number of hydrogen-bond acceptors (Lipinski definition) is 6. The van der Waals surface area contributed by atoms with Crippen LogP contribution in [0.15, 0.2) is 95.4 Å². The highest BCUT2D eigenvalue weighted by atomic mass is 16.4. The maximum absolute atomic E-state index is 13.2. The predicted molar refractivity (Wildman–Crippen MR) is 143 cm³/mol. The zero-order valence-electron chi connectivity index (χ0n) is 20.3. The Morgan fingerprint density at radius 2 is 1.49 bits per heavy atom. The first kappa shape index (κ1) is 23.5. The van der Waals surface area contributed by atoms with Crippen molar-refractivity contribution in [1.82, 2.24) is 9.97 Å². The number of furan rings is 1. The van der Waals surface area contributed by atoms with Crippen LogP contribution in [0.5, 0.6) is 0 Å². The van der Waals surface area contributed by atoms with Crippen LogP contribution in [-0.4, -0.2) is 15.9 Å². The average Bonchev–Trinajstić information content (AvgIpc) is 3.27. The minimum atomic E-state index is -0.408. The number of rotatable bonds is 6. The summed E-state index contributed by atoms with van der Waals surface area (Å²) < 4.78 is 6.13. The molecule has 1 amide bonds. The molecule has 7 nitrogen and oxygen atoms in total. The lowest BCUT2D eigenvalue weighted by molar-refractivity contribution is 0.102. The first-order chi connectivity index (χ1) is 18.0. The van der Waals surface area contributed by atoms with Crippen molar-refractivity contribution in [3.8, 4) is 28.5 Å². The van der Waals surface area contributed by atoms with Crippen molar-refractivity contribution >= 4 is 23.4 Å². The number of nitrogens with one attached hydrogen (secondary N) is 2. The summed E-state index contributed by atoms with van der Waals surface area (Å²) in [5, 5.41) is 16.0. The number of carbonyl (C=O) groups is 1. The molecular weight excluding hydrogens is 462 g/mol. The minimum Gasteiger partial charge on any atom is -0.438 e. The van der Waals surface area contributed by atoms with Crippen LogP contribution < -0.4 is 10.6 Å². The van der Waals surface area contributed by atoms with Crippen LogP contribution in [0.4, 0.5) is 17.5 Å². The number of anilines is 3. The van der Waals surface area contributed by atoms with E-state index in [9.17, 15) is 10.1 Å². The Morgan fingerprint density at radius 3 is 2.14 bits per heavy atom. The second-order valence-corrected chi connectivity index (χ2v) is 8.49. The van der Waals surface area contributed by atoms with E-state index in [1.54, 1.807) is 18.2 Å². The van der Waals surface area contributed by atoms with Gasteiger partial charge in [0.25, 0.3) is 5.91 Å². The first-order valence-corrected chi connectivity index (χ1v) is 11.7. The molecule has 0 unspecified atom stereocenters. The summed E-state index contributed by atoms with van der Waals surface area (Å²) in [6.45, 7) is 3.79. The van der Waals surface area contributed by atoms with Gasteiger partial charge in [0.1, 0.15) is 17.4 Å². The number of aromatic nitrogens is 2. The van der Waals surface area contributed by atoms with Gasteiger partial charge in [-0.15, -0.1) is 0 Å². The smallest absolute Gasteiger partial charge is 0.258 e. The van der Waals surface area contributed by atoms with Gasteiger partial charge in [0.2, 0.25) is 11.8 Å². The highest BCUT2D eigenvalue weighted by molar-refractivity contribution is 6.06. The van der Waals surface area contributed by atoms with E-state index in [0.717, 1.165) is 22.5 Å². The summed E-state index contributed by atoms with van der Waals surface area (Å²) in [4.78, 5) is 22.0. The van der Waals surface area contributed by atoms with Gasteiger partial charge in [-0.3, -0.25) is 10.1 Å². The van der Waals surface area contributed by atoms with Crippen molar-refractivity contribution in [2.75, 3.05) is 10.6 Å². The number of benzene rings is 3. The number of nitriles is 1. The quantitative estimate of drug-likeness (QED) is 0.271. The molecule has 0 aliphatic carbocycles. The number of aryl methyl sites for hydroxylation is 2. The van der Waals surface area contributed by atoms with Crippen LogP contribution in [0.25, 0.3) is 22.5 Å². The molecule has 0 aliphatic heterocycles. The van der Waals surface area contributed by atoms with Crippen molar-refractivity contribution in [3.05, 3.63) is 114 Å². The Hall–Kier alpha value is -5.22. The Kier molecular flexibility index (Phi) is 6.47. The third-order valence-corrected chi connectivity index (χ3v) is 5.71. The molecule has 2 aromatic heterocycles. The maximum atomic E-state index is 13.2. The molecule has 0 spiro atoms. The van der Waals surface area contributed by atoms with Crippen LogP contribution >= 0.6 is 0 Å². The molecule has 2 N–H and O–H groups in total. The SMILES string of the molecule is Cc1cc(C)nc(Nc2cccc(C(=O)Nc3oc(-c4ccccc4)c(-c4ccccc4)c3C#N)c2)n1. The fourth-order valence-electron chi connectivity index (χ4n) is 4.12. The maximum Gasteiger partial charge on any atom is 0.258 e.